The normalized spacial score (nSPS) is 10.5. The summed E-state index contributed by atoms with van der Waals surface area (Å²) in [6.07, 6.45) is 0.719. The zero-order chi connectivity index (χ0) is 13.8. The van der Waals surface area contributed by atoms with Crippen LogP contribution in [-0.4, -0.2) is 6.54 Å². The van der Waals surface area contributed by atoms with Gasteiger partial charge >= 0.3 is 0 Å². The zero-order valence-corrected chi connectivity index (χ0v) is 10.7. The van der Waals surface area contributed by atoms with E-state index in [-0.39, 0.29) is 11.6 Å². The lowest BCUT2D eigenvalue weighted by molar-refractivity contribution is 0.617. The Morgan fingerprint density at radius 1 is 1.11 bits per heavy atom. The maximum atomic E-state index is 13.1. The predicted molar refractivity (Wildman–Crippen MR) is 74.1 cm³/mol. The molecule has 2 rings (SSSR count). The molecule has 0 atom stereocenters. The first-order valence-corrected chi connectivity index (χ1v) is 6.10. The van der Waals surface area contributed by atoms with E-state index >= 15 is 0 Å². The molecule has 0 aliphatic heterocycles. The first-order valence-electron chi connectivity index (χ1n) is 6.10. The van der Waals surface area contributed by atoms with Crippen molar-refractivity contribution in [2.75, 3.05) is 17.6 Å². The van der Waals surface area contributed by atoms with Crippen LogP contribution in [0.2, 0.25) is 0 Å². The smallest absolute Gasteiger partial charge is 0.126 e. The average molecular weight is 262 g/mol. The molecule has 0 radical (unpaired) electrons. The summed E-state index contributed by atoms with van der Waals surface area (Å²) in [5.41, 5.74) is 8.48. The number of anilines is 2. The minimum atomic E-state index is -0.325. The van der Waals surface area contributed by atoms with E-state index in [0.29, 0.717) is 23.5 Å². The Hall–Kier alpha value is -2.10. The molecule has 4 heteroatoms. The van der Waals surface area contributed by atoms with E-state index in [4.69, 9.17) is 5.73 Å². The molecule has 0 saturated heterocycles. The SMILES string of the molecule is Cc1cc(CCNc2cc(F)ccc2N)ccc1F. The van der Waals surface area contributed by atoms with Gasteiger partial charge in [0.1, 0.15) is 11.6 Å². The van der Waals surface area contributed by atoms with Crippen LogP contribution in [0.15, 0.2) is 36.4 Å². The van der Waals surface area contributed by atoms with Crippen LogP contribution in [0, 0.1) is 18.6 Å². The molecule has 0 saturated carbocycles. The quantitative estimate of drug-likeness (QED) is 0.827. The molecule has 2 aromatic rings. The highest BCUT2D eigenvalue weighted by Gasteiger charge is 2.02. The molecule has 100 valence electrons. The summed E-state index contributed by atoms with van der Waals surface area (Å²) in [7, 11) is 0. The molecule has 2 aromatic carbocycles. The number of nitrogen functional groups attached to an aromatic ring is 1. The third-order valence-electron chi connectivity index (χ3n) is 2.97. The van der Waals surface area contributed by atoms with Gasteiger partial charge in [0.2, 0.25) is 0 Å². The van der Waals surface area contributed by atoms with Crippen molar-refractivity contribution in [3.05, 3.63) is 59.2 Å². The highest BCUT2D eigenvalue weighted by atomic mass is 19.1. The number of halogens is 2. The second-order valence-corrected chi connectivity index (χ2v) is 4.49. The van der Waals surface area contributed by atoms with E-state index in [2.05, 4.69) is 5.32 Å². The van der Waals surface area contributed by atoms with Crippen LogP contribution < -0.4 is 11.1 Å². The molecule has 0 fully saturated rings. The van der Waals surface area contributed by atoms with E-state index in [9.17, 15) is 8.78 Å². The average Bonchev–Trinajstić information content (AvgIpc) is 2.38. The topological polar surface area (TPSA) is 38.0 Å². The number of rotatable bonds is 4. The number of hydrogen-bond donors (Lipinski definition) is 2. The Bertz CT molecular complexity index is 582. The summed E-state index contributed by atoms with van der Waals surface area (Å²) in [5.74, 6) is -0.527. The van der Waals surface area contributed by atoms with Crippen LogP contribution in [0.4, 0.5) is 20.2 Å². The summed E-state index contributed by atoms with van der Waals surface area (Å²) >= 11 is 0. The van der Waals surface area contributed by atoms with E-state index in [1.165, 1.54) is 24.3 Å². The maximum absolute atomic E-state index is 13.1. The van der Waals surface area contributed by atoms with Gasteiger partial charge in [-0.15, -0.1) is 0 Å². The number of benzene rings is 2. The lowest BCUT2D eigenvalue weighted by atomic mass is 10.1. The van der Waals surface area contributed by atoms with Crippen molar-refractivity contribution in [3.8, 4) is 0 Å². The molecule has 0 aliphatic carbocycles. The predicted octanol–water partition coefficient (Wildman–Crippen LogP) is 3.51. The molecule has 19 heavy (non-hydrogen) atoms. The fourth-order valence-electron chi connectivity index (χ4n) is 1.89. The Kier molecular flexibility index (Phi) is 4.00. The van der Waals surface area contributed by atoms with Crippen LogP contribution in [0.25, 0.3) is 0 Å². The molecule has 0 spiro atoms. The van der Waals surface area contributed by atoms with Crippen molar-refractivity contribution in [1.82, 2.24) is 0 Å². The van der Waals surface area contributed by atoms with Gasteiger partial charge in [-0.2, -0.15) is 0 Å². The van der Waals surface area contributed by atoms with Gasteiger partial charge in [-0.05, 0) is 48.7 Å². The van der Waals surface area contributed by atoms with Gasteiger partial charge in [-0.1, -0.05) is 12.1 Å². The molecule has 0 heterocycles. The highest BCUT2D eigenvalue weighted by molar-refractivity contribution is 5.65. The van der Waals surface area contributed by atoms with Crippen molar-refractivity contribution < 1.29 is 8.78 Å². The highest BCUT2D eigenvalue weighted by Crippen LogP contribution is 2.19. The fraction of sp³-hybridized carbons (Fsp3) is 0.200. The van der Waals surface area contributed by atoms with Gasteiger partial charge in [-0.25, -0.2) is 8.78 Å². The number of aryl methyl sites for hydroxylation is 1. The first-order chi connectivity index (χ1) is 9.06. The lowest BCUT2D eigenvalue weighted by Gasteiger charge is -2.10. The number of nitrogens with two attached hydrogens (primary N) is 1. The molecule has 0 aromatic heterocycles. The molecule has 3 N–H and O–H groups in total. The number of hydrogen-bond acceptors (Lipinski definition) is 2. The summed E-state index contributed by atoms with van der Waals surface area (Å²) in [4.78, 5) is 0. The summed E-state index contributed by atoms with van der Waals surface area (Å²) in [6, 6.07) is 9.24. The molecular formula is C15H16F2N2. The van der Waals surface area contributed by atoms with Crippen molar-refractivity contribution >= 4 is 11.4 Å². The molecule has 2 nitrogen and oxygen atoms in total. The summed E-state index contributed by atoms with van der Waals surface area (Å²) in [6.45, 7) is 2.34. The summed E-state index contributed by atoms with van der Waals surface area (Å²) < 4.78 is 26.2. The molecule has 0 amide bonds. The minimum absolute atomic E-state index is 0.203. The van der Waals surface area contributed by atoms with Crippen molar-refractivity contribution in [3.63, 3.8) is 0 Å². The van der Waals surface area contributed by atoms with Gasteiger partial charge in [0.15, 0.2) is 0 Å². The first kappa shape index (κ1) is 13.3. The van der Waals surface area contributed by atoms with E-state index in [1.54, 1.807) is 13.0 Å². The van der Waals surface area contributed by atoms with Crippen molar-refractivity contribution in [2.24, 2.45) is 0 Å². The Labute approximate surface area is 111 Å². The lowest BCUT2D eigenvalue weighted by Crippen LogP contribution is -2.07. The fourth-order valence-corrected chi connectivity index (χ4v) is 1.89. The molecule has 0 unspecified atom stereocenters. The monoisotopic (exact) mass is 262 g/mol. The van der Waals surface area contributed by atoms with E-state index in [1.807, 2.05) is 6.07 Å². The van der Waals surface area contributed by atoms with Crippen LogP contribution in [0.1, 0.15) is 11.1 Å². The van der Waals surface area contributed by atoms with Gasteiger partial charge in [0.05, 0.1) is 11.4 Å². The third-order valence-corrected chi connectivity index (χ3v) is 2.97. The van der Waals surface area contributed by atoms with Gasteiger partial charge in [0, 0.05) is 6.54 Å². The van der Waals surface area contributed by atoms with E-state index in [0.717, 1.165) is 12.0 Å². The van der Waals surface area contributed by atoms with Gasteiger partial charge < -0.3 is 11.1 Å². The standard InChI is InChI=1S/C15H16F2N2/c1-10-8-11(2-4-13(10)17)6-7-19-15-9-12(16)3-5-14(15)18/h2-5,8-9,19H,6-7,18H2,1H3. The Morgan fingerprint density at radius 2 is 1.89 bits per heavy atom. The van der Waals surface area contributed by atoms with Crippen molar-refractivity contribution in [1.29, 1.82) is 0 Å². The number of nitrogens with one attached hydrogen (secondary N) is 1. The second-order valence-electron chi connectivity index (χ2n) is 4.49. The largest absolute Gasteiger partial charge is 0.397 e. The summed E-state index contributed by atoms with van der Waals surface area (Å²) in [5, 5.41) is 3.08. The van der Waals surface area contributed by atoms with E-state index < -0.39 is 0 Å². The zero-order valence-electron chi connectivity index (χ0n) is 10.7. The molecular weight excluding hydrogens is 246 g/mol. The Balaban J connectivity index is 1.96. The van der Waals surface area contributed by atoms with Crippen LogP contribution >= 0.6 is 0 Å². The minimum Gasteiger partial charge on any atom is -0.397 e. The second kappa shape index (κ2) is 5.69. The van der Waals surface area contributed by atoms with Crippen LogP contribution in [-0.2, 0) is 6.42 Å². The molecule has 0 bridgehead atoms. The van der Waals surface area contributed by atoms with Crippen molar-refractivity contribution in [2.45, 2.75) is 13.3 Å². The Morgan fingerprint density at radius 3 is 2.63 bits per heavy atom. The van der Waals surface area contributed by atoms with Gasteiger partial charge in [0.25, 0.3) is 0 Å². The van der Waals surface area contributed by atoms with Crippen LogP contribution in [0.5, 0.6) is 0 Å². The molecule has 0 aliphatic rings. The van der Waals surface area contributed by atoms with Gasteiger partial charge in [-0.3, -0.25) is 0 Å². The van der Waals surface area contributed by atoms with Crippen LogP contribution in [0.3, 0.4) is 0 Å². The third kappa shape index (κ3) is 3.44. The maximum Gasteiger partial charge on any atom is 0.126 e.